The van der Waals surface area contributed by atoms with Crippen LogP contribution in [-0.4, -0.2) is 16.9 Å². The van der Waals surface area contributed by atoms with Gasteiger partial charge in [-0.05, 0) is 7.05 Å². The predicted molar refractivity (Wildman–Crippen MR) is 32.9 cm³/mol. The summed E-state index contributed by atoms with van der Waals surface area (Å²) in [6.45, 7) is 2.98. The van der Waals surface area contributed by atoms with Gasteiger partial charge >= 0.3 is 0 Å². The maximum absolute atomic E-state index is 3.38. The molecule has 0 N–H and O–H groups in total. The van der Waals surface area contributed by atoms with Crippen molar-refractivity contribution in [3.63, 3.8) is 0 Å². The molecule has 0 fully saturated rings. The van der Waals surface area contributed by atoms with Crippen LogP contribution in [0.5, 0.6) is 0 Å². The summed E-state index contributed by atoms with van der Waals surface area (Å²) in [6.07, 6.45) is 3.93. The molecule has 7 heavy (non-hydrogen) atoms. The van der Waals surface area contributed by atoms with Crippen LogP contribution < -0.4 is 0 Å². The lowest BCUT2D eigenvalue weighted by Crippen LogP contribution is -2.15. The highest BCUT2D eigenvalue weighted by atomic mass is 79.9. The van der Waals surface area contributed by atoms with E-state index in [4.69, 9.17) is 0 Å². The van der Waals surface area contributed by atoms with Crippen LogP contribution >= 0.6 is 15.9 Å². The van der Waals surface area contributed by atoms with E-state index in [1.54, 1.807) is 0 Å². The van der Waals surface area contributed by atoms with Crippen molar-refractivity contribution < 1.29 is 0 Å². The third kappa shape index (κ3) is 1.04. The van der Waals surface area contributed by atoms with Gasteiger partial charge in [0.1, 0.15) is 0 Å². The fourth-order valence-corrected chi connectivity index (χ4v) is 0.711. The Morgan fingerprint density at radius 3 is 2.71 bits per heavy atom. The largest absolute Gasteiger partial charge is 0.277 e. The maximum Gasteiger partial charge on any atom is 0.0891 e. The lowest BCUT2D eigenvalue weighted by atomic mass is 10.6. The van der Waals surface area contributed by atoms with Gasteiger partial charge in [0.05, 0.1) is 11.5 Å². The fraction of sp³-hybridized carbons (Fsp3) is 0.400. The first-order chi connectivity index (χ1) is 3.30. The Balaban J connectivity index is 2.45. The van der Waals surface area contributed by atoms with E-state index in [0.29, 0.717) is 4.95 Å². The third-order valence-corrected chi connectivity index (χ3v) is 1.82. The van der Waals surface area contributed by atoms with Crippen LogP contribution in [0.3, 0.4) is 0 Å². The molecule has 2 heteroatoms. The smallest absolute Gasteiger partial charge is 0.0891 e. The van der Waals surface area contributed by atoms with E-state index < -0.39 is 0 Å². The van der Waals surface area contributed by atoms with Crippen LogP contribution in [0.2, 0.25) is 0 Å². The van der Waals surface area contributed by atoms with Crippen LogP contribution in [0.25, 0.3) is 0 Å². The summed E-state index contributed by atoms with van der Waals surface area (Å²) in [5.41, 5.74) is 0. The summed E-state index contributed by atoms with van der Waals surface area (Å²) in [5.74, 6) is 0. The number of alkyl halides is 1. The standard InChI is InChI=1S/C5H6BrN/c1-7-4-2-3-5(7)6/h2-3,5H,1H3. The Morgan fingerprint density at radius 1 is 1.86 bits per heavy atom. The molecule has 0 saturated carbocycles. The second kappa shape index (κ2) is 1.97. The molecule has 0 bridgehead atoms. The minimum atomic E-state index is 0.368. The molecule has 0 aromatic carbocycles. The van der Waals surface area contributed by atoms with E-state index >= 15 is 0 Å². The van der Waals surface area contributed by atoms with Crippen LogP contribution in [-0.2, 0) is 0 Å². The molecule has 1 atom stereocenters. The number of hydrogen-bond acceptors (Lipinski definition) is 1. The van der Waals surface area contributed by atoms with Crippen LogP contribution in [0.1, 0.15) is 0 Å². The monoisotopic (exact) mass is 159 g/mol. The average Bonchev–Trinajstić information content (AvgIpc) is 1.91. The Hall–Kier alpha value is 0.180. The summed E-state index contributed by atoms with van der Waals surface area (Å²) in [6, 6.07) is 0. The highest BCUT2D eigenvalue weighted by Gasteiger charge is 2.10. The average molecular weight is 160 g/mol. The van der Waals surface area contributed by atoms with E-state index in [2.05, 4.69) is 22.5 Å². The van der Waals surface area contributed by atoms with E-state index in [9.17, 15) is 0 Å². The highest BCUT2D eigenvalue weighted by molar-refractivity contribution is 9.09. The van der Waals surface area contributed by atoms with Gasteiger partial charge in [0, 0.05) is 0 Å². The molecule has 1 nitrogen and oxygen atoms in total. The second-order valence-corrected chi connectivity index (χ2v) is 2.41. The number of likely N-dealkylation sites (N-methyl/N-ethyl adjacent to an activating group) is 1. The van der Waals surface area contributed by atoms with Gasteiger partial charge in [-0.3, -0.25) is 4.90 Å². The van der Waals surface area contributed by atoms with Crippen molar-refractivity contribution in [3.05, 3.63) is 18.7 Å². The maximum atomic E-state index is 3.38. The van der Waals surface area contributed by atoms with E-state index in [-0.39, 0.29) is 0 Å². The van der Waals surface area contributed by atoms with Crippen molar-refractivity contribution in [1.29, 1.82) is 0 Å². The van der Waals surface area contributed by atoms with Crippen molar-refractivity contribution in [2.75, 3.05) is 7.05 Å². The number of halogens is 1. The molecule has 1 rings (SSSR count). The van der Waals surface area contributed by atoms with E-state index in [1.807, 2.05) is 24.1 Å². The topological polar surface area (TPSA) is 3.24 Å². The second-order valence-electron chi connectivity index (χ2n) is 1.47. The van der Waals surface area contributed by atoms with Crippen molar-refractivity contribution in [2.45, 2.75) is 4.95 Å². The molecule has 1 heterocycles. The Kier molecular flexibility index (Phi) is 1.50. The molecule has 0 aromatic rings. The quantitative estimate of drug-likeness (QED) is 0.380. The van der Waals surface area contributed by atoms with E-state index in [1.165, 1.54) is 0 Å². The third-order valence-electron chi connectivity index (χ3n) is 0.903. The molecule has 1 unspecified atom stereocenters. The summed E-state index contributed by atoms with van der Waals surface area (Å²) in [4.78, 5) is 2.33. The molecule has 0 aromatic heterocycles. The van der Waals surface area contributed by atoms with Gasteiger partial charge in [-0.2, -0.15) is 0 Å². The fourth-order valence-electron chi connectivity index (χ4n) is 0.440. The molecule has 2 radical (unpaired) electrons. The van der Waals surface area contributed by atoms with E-state index in [0.717, 1.165) is 0 Å². The Bertz CT molecular complexity index is 90.1. The lowest BCUT2D eigenvalue weighted by molar-refractivity contribution is 0.469. The van der Waals surface area contributed by atoms with Crippen molar-refractivity contribution in [1.82, 2.24) is 4.90 Å². The van der Waals surface area contributed by atoms with Crippen molar-refractivity contribution >= 4 is 15.9 Å². The van der Waals surface area contributed by atoms with Gasteiger partial charge < -0.3 is 0 Å². The minimum absolute atomic E-state index is 0.368. The van der Waals surface area contributed by atoms with Gasteiger partial charge in [0.15, 0.2) is 0 Å². The zero-order valence-corrected chi connectivity index (χ0v) is 5.64. The number of rotatable bonds is 0. The van der Waals surface area contributed by atoms with Gasteiger partial charge in [0.25, 0.3) is 0 Å². The summed E-state index contributed by atoms with van der Waals surface area (Å²) in [7, 11) is 1.97. The molecular weight excluding hydrogens is 154 g/mol. The minimum Gasteiger partial charge on any atom is -0.277 e. The highest BCUT2D eigenvalue weighted by Crippen LogP contribution is 2.14. The van der Waals surface area contributed by atoms with Gasteiger partial charge in [-0.25, -0.2) is 0 Å². The van der Waals surface area contributed by atoms with Gasteiger partial charge in [-0.1, -0.05) is 28.1 Å². The van der Waals surface area contributed by atoms with Crippen molar-refractivity contribution in [2.24, 2.45) is 0 Å². The molecular formula is C5H6BrN. The Labute approximate surface area is 52.1 Å². The summed E-state index contributed by atoms with van der Waals surface area (Å²) < 4.78 is 0. The predicted octanol–water partition coefficient (Wildman–Crippen LogP) is 1.25. The molecule has 1 aliphatic rings. The first-order valence-electron chi connectivity index (χ1n) is 2.10. The van der Waals surface area contributed by atoms with Crippen LogP contribution in [0.4, 0.5) is 0 Å². The normalized spacial score (nSPS) is 32.0. The number of hydrogen-bond donors (Lipinski definition) is 0. The van der Waals surface area contributed by atoms with Crippen LogP contribution in [0.15, 0.2) is 12.2 Å². The van der Waals surface area contributed by atoms with Gasteiger partial charge in [-0.15, -0.1) is 0 Å². The Morgan fingerprint density at radius 2 is 2.57 bits per heavy atom. The molecule has 0 amide bonds. The molecule has 38 valence electrons. The lowest BCUT2D eigenvalue weighted by Gasteiger charge is -2.09. The number of nitrogens with zero attached hydrogens (tertiary/aromatic N) is 1. The first kappa shape index (κ1) is 5.32. The van der Waals surface area contributed by atoms with Crippen molar-refractivity contribution in [3.8, 4) is 0 Å². The molecule has 0 spiro atoms. The summed E-state index contributed by atoms with van der Waals surface area (Å²) in [5, 5.41) is 0. The van der Waals surface area contributed by atoms with Gasteiger partial charge in [0.2, 0.25) is 0 Å². The molecule has 0 aliphatic carbocycles. The first-order valence-corrected chi connectivity index (χ1v) is 3.02. The summed E-state index contributed by atoms with van der Waals surface area (Å²) >= 11 is 3.38. The SMILES string of the molecule is CN1[C]C=CC1Br. The molecule has 0 saturated heterocycles. The van der Waals surface area contributed by atoms with Crippen LogP contribution in [0, 0.1) is 6.54 Å². The molecule has 1 aliphatic heterocycles. The zero-order chi connectivity index (χ0) is 5.28. The zero-order valence-electron chi connectivity index (χ0n) is 4.06.